The van der Waals surface area contributed by atoms with Gasteiger partial charge in [-0.05, 0) is 151 Å². The molecule has 0 saturated heterocycles. The van der Waals surface area contributed by atoms with Gasteiger partial charge in [0, 0.05) is 49.6 Å². The van der Waals surface area contributed by atoms with Gasteiger partial charge >= 0.3 is 0 Å². The van der Waals surface area contributed by atoms with E-state index in [0.717, 1.165) is 50.3 Å². The van der Waals surface area contributed by atoms with E-state index in [0.29, 0.717) is 0 Å². The van der Waals surface area contributed by atoms with Gasteiger partial charge < -0.3 is 13.9 Å². The molecule has 1 spiro atoms. The van der Waals surface area contributed by atoms with Crippen molar-refractivity contribution in [1.82, 2.24) is 4.57 Å². The quantitative estimate of drug-likeness (QED) is 0.171. The lowest BCUT2D eigenvalue weighted by molar-refractivity contribution is 0.660. The number of hydrogen-bond donors (Lipinski definition) is 0. The lowest BCUT2D eigenvalue weighted by atomic mass is 9.70. The first kappa shape index (κ1) is 40.5. The van der Waals surface area contributed by atoms with Crippen molar-refractivity contribution in [3.8, 4) is 50.2 Å². The highest BCUT2D eigenvalue weighted by molar-refractivity contribution is 6.12. The number of nitrogens with zero attached hydrogens (tertiary/aromatic N) is 2. The number of benzene rings is 11. The molecule has 342 valence electrons. The lowest BCUT2D eigenvalue weighted by Crippen LogP contribution is -2.26. The van der Waals surface area contributed by atoms with Crippen LogP contribution in [0.2, 0.25) is 0 Å². The molecule has 2 aromatic heterocycles. The SMILES string of the molecule is CC1(C)c2ccccc2-c2ccc(N(c3ccc4oc5ccc(-c6ccc7c(c6)c6ccccc6n7-c6ccccc6)cc5c4c3)c3cccc4c3-c3ccccc3C43c4ccccc4-c4ccccc43)cc21. The Morgan fingerprint density at radius 3 is 1.63 bits per heavy atom. The maximum Gasteiger partial charge on any atom is 0.135 e. The number of anilines is 3. The number of aromatic nitrogens is 1. The number of fused-ring (bicyclic) bond motifs is 19. The van der Waals surface area contributed by atoms with Gasteiger partial charge in [0.15, 0.2) is 0 Å². The average Bonchev–Trinajstić information content (AvgIpc) is 4.21. The van der Waals surface area contributed by atoms with Crippen LogP contribution in [0, 0.1) is 0 Å². The summed E-state index contributed by atoms with van der Waals surface area (Å²) in [6.45, 7) is 4.75. The fourth-order valence-electron chi connectivity index (χ4n) is 13.7. The summed E-state index contributed by atoms with van der Waals surface area (Å²) >= 11 is 0. The third-order valence-electron chi connectivity index (χ3n) is 16.8. The Morgan fingerprint density at radius 1 is 0.356 bits per heavy atom. The maximum atomic E-state index is 6.72. The summed E-state index contributed by atoms with van der Waals surface area (Å²) in [5.74, 6) is 0. The van der Waals surface area contributed by atoms with Gasteiger partial charge in [-0.2, -0.15) is 0 Å². The second-order valence-corrected chi connectivity index (χ2v) is 20.7. The molecule has 3 aliphatic carbocycles. The zero-order chi connectivity index (χ0) is 48.2. The molecule has 0 atom stereocenters. The van der Waals surface area contributed by atoms with Gasteiger partial charge in [-0.1, -0.05) is 178 Å². The molecule has 3 heteroatoms. The van der Waals surface area contributed by atoms with Crippen molar-refractivity contribution in [2.45, 2.75) is 24.7 Å². The zero-order valence-electron chi connectivity index (χ0n) is 40.4. The van der Waals surface area contributed by atoms with Crippen molar-refractivity contribution in [3.05, 3.63) is 276 Å². The van der Waals surface area contributed by atoms with E-state index >= 15 is 0 Å². The second-order valence-electron chi connectivity index (χ2n) is 20.7. The largest absolute Gasteiger partial charge is 0.456 e. The molecule has 0 saturated carbocycles. The molecule has 0 bridgehead atoms. The predicted molar refractivity (Wildman–Crippen MR) is 302 cm³/mol. The number of furan rings is 1. The Labute approximate surface area is 423 Å². The van der Waals surface area contributed by atoms with Crippen molar-refractivity contribution in [2.24, 2.45) is 0 Å². The van der Waals surface area contributed by atoms with Gasteiger partial charge in [0.1, 0.15) is 11.2 Å². The van der Waals surface area contributed by atoms with E-state index in [4.69, 9.17) is 4.42 Å². The Morgan fingerprint density at radius 2 is 0.877 bits per heavy atom. The van der Waals surface area contributed by atoms with Crippen molar-refractivity contribution in [2.75, 3.05) is 4.90 Å². The first-order chi connectivity index (χ1) is 36.0. The van der Waals surface area contributed by atoms with Crippen molar-refractivity contribution >= 4 is 60.8 Å². The Kier molecular flexibility index (Phi) is 8.16. The van der Waals surface area contributed by atoms with Gasteiger partial charge in [-0.3, -0.25) is 0 Å². The summed E-state index contributed by atoms with van der Waals surface area (Å²) in [5.41, 5.74) is 26.1. The van der Waals surface area contributed by atoms with Crippen LogP contribution >= 0.6 is 0 Å². The molecule has 0 unspecified atom stereocenters. The molecule has 3 aliphatic rings. The highest BCUT2D eigenvalue weighted by atomic mass is 16.3. The molecule has 0 amide bonds. The number of hydrogen-bond acceptors (Lipinski definition) is 2. The van der Waals surface area contributed by atoms with E-state index < -0.39 is 5.41 Å². The van der Waals surface area contributed by atoms with Crippen LogP contribution in [0.4, 0.5) is 17.1 Å². The monoisotopic (exact) mass is 930 g/mol. The lowest BCUT2D eigenvalue weighted by Gasteiger charge is -2.32. The van der Waals surface area contributed by atoms with Crippen LogP contribution in [0.1, 0.15) is 47.2 Å². The first-order valence-corrected chi connectivity index (χ1v) is 25.5. The smallest absolute Gasteiger partial charge is 0.135 e. The third-order valence-corrected chi connectivity index (χ3v) is 16.8. The summed E-state index contributed by atoms with van der Waals surface area (Å²) in [6, 6.07) is 90.2. The summed E-state index contributed by atoms with van der Waals surface area (Å²) in [5, 5.41) is 4.64. The van der Waals surface area contributed by atoms with E-state index in [-0.39, 0.29) is 5.41 Å². The van der Waals surface area contributed by atoms with Crippen LogP contribution in [-0.4, -0.2) is 4.57 Å². The molecule has 0 fully saturated rings. The molecular formula is C70H46N2O. The standard InChI is InChI=1S/C70H46N2O/c1-69(2)57-24-11-6-19-48(57)51-35-33-47(42-62(51)69)71(65-30-16-28-61-68(65)53-23-9-14-27-60(53)70(61)58-25-12-7-20-49(58)50-21-8-13-26-59(50)70)46-34-38-67-56(41-46)55-40-44(32-37-66(55)73-67)43-31-36-64-54(39-43)52-22-10-15-29-63(52)72(64)45-17-4-3-5-18-45/h3-42H,1-2H3. The minimum Gasteiger partial charge on any atom is -0.456 e. The second kappa shape index (κ2) is 14.7. The van der Waals surface area contributed by atoms with Crippen molar-refractivity contribution in [1.29, 1.82) is 0 Å². The summed E-state index contributed by atoms with van der Waals surface area (Å²) in [6.07, 6.45) is 0. The molecule has 2 heterocycles. The molecule has 0 radical (unpaired) electrons. The van der Waals surface area contributed by atoms with Crippen LogP contribution in [0.15, 0.2) is 247 Å². The minimum atomic E-state index is -0.469. The van der Waals surface area contributed by atoms with E-state index in [1.807, 2.05) is 0 Å². The van der Waals surface area contributed by atoms with Gasteiger partial charge in [-0.15, -0.1) is 0 Å². The zero-order valence-corrected chi connectivity index (χ0v) is 40.4. The van der Waals surface area contributed by atoms with Crippen molar-refractivity contribution in [3.63, 3.8) is 0 Å². The normalized spacial score (nSPS) is 14.1. The highest BCUT2D eigenvalue weighted by Crippen LogP contribution is 2.65. The molecule has 73 heavy (non-hydrogen) atoms. The van der Waals surface area contributed by atoms with Crippen LogP contribution in [0.3, 0.4) is 0 Å². The fourth-order valence-corrected chi connectivity index (χ4v) is 13.7. The fraction of sp³-hybridized carbons (Fsp3) is 0.0571. The Bertz CT molecular complexity index is 4440. The van der Waals surface area contributed by atoms with E-state index in [1.54, 1.807) is 0 Å². The molecule has 11 aromatic carbocycles. The Hall–Kier alpha value is -9.18. The average molecular weight is 931 g/mol. The molecule has 0 N–H and O–H groups in total. The predicted octanol–water partition coefficient (Wildman–Crippen LogP) is 18.5. The highest BCUT2D eigenvalue weighted by Gasteiger charge is 2.52. The van der Waals surface area contributed by atoms with Gasteiger partial charge in [0.05, 0.1) is 22.1 Å². The van der Waals surface area contributed by atoms with Gasteiger partial charge in [0.25, 0.3) is 0 Å². The number of rotatable bonds is 5. The van der Waals surface area contributed by atoms with Crippen LogP contribution < -0.4 is 4.90 Å². The van der Waals surface area contributed by atoms with Crippen LogP contribution in [-0.2, 0) is 10.8 Å². The molecule has 16 rings (SSSR count). The summed E-state index contributed by atoms with van der Waals surface area (Å²) in [7, 11) is 0. The minimum absolute atomic E-state index is 0.180. The Balaban J connectivity index is 0.915. The first-order valence-electron chi connectivity index (χ1n) is 25.5. The van der Waals surface area contributed by atoms with Crippen LogP contribution in [0.5, 0.6) is 0 Å². The van der Waals surface area contributed by atoms with Gasteiger partial charge in [-0.25, -0.2) is 0 Å². The summed E-state index contributed by atoms with van der Waals surface area (Å²) < 4.78 is 9.10. The van der Waals surface area contributed by atoms with E-state index in [9.17, 15) is 0 Å². The molecule has 0 aliphatic heterocycles. The van der Waals surface area contributed by atoms with Crippen molar-refractivity contribution < 1.29 is 4.42 Å². The van der Waals surface area contributed by atoms with E-state index in [2.05, 4.69) is 266 Å². The molecule has 13 aromatic rings. The summed E-state index contributed by atoms with van der Waals surface area (Å²) in [4.78, 5) is 2.53. The topological polar surface area (TPSA) is 21.3 Å². The van der Waals surface area contributed by atoms with Gasteiger partial charge in [0.2, 0.25) is 0 Å². The molecular weight excluding hydrogens is 885 g/mol. The van der Waals surface area contributed by atoms with Crippen LogP contribution in [0.25, 0.3) is 93.9 Å². The van der Waals surface area contributed by atoms with E-state index in [1.165, 1.54) is 94.1 Å². The third kappa shape index (κ3) is 5.38. The number of para-hydroxylation sites is 2. The molecule has 3 nitrogen and oxygen atoms in total. The maximum absolute atomic E-state index is 6.72.